The lowest BCUT2D eigenvalue weighted by Gasteiger charge is -2.10. The molecule has 3 rings (SSSR count). The van der Waals surface area contributed by atoms with Crippen LogP contribution in [0.3, 0.4) is 0 Å². The third kappa shape index (κ3) is 4.25. The Balaban J connectivity index is 1.98. The van der Waals surface area contributed by atoms with Gasteiger partial charge >= 0.3 is 0 Å². The largest absolute Gasteiger partial charge is 0.347 e. The third-order valence-electron chi connectivity index (χ3n) is 4.27. The number of carbonyl (C=O) groups excluding carboxylic acids is 2. The van der Waals surface area contributed by atoms with Crippen LogP contribution in [0.1, 0.15) is 15.9 Å². The molecule has 1 heterocycles. The normalized spacial score (nSPS) is 10.6. The van der Waals surface area contributed by atoms with E-state index in [1.807, 2.05) is 31.2 Å². The summed E-state index contributed by atoms with van der Waals surface area (Å²) in [5.74, 6) is -0.967. The summed E-state index contributed by atoms with van der Waals surface area (Å²) in [5, 5.41) is 7.16. The van der Waals surface area contributed by atoms with Crippen LogP contribution >= 0.6 is 0 Å². The summed E-state index contributed by atoms with van der Waals surface area (Å²) in [6.07, 6.45) is 1.58. The minimum atomic E-state index is -0.404. The fraction of sp³-hybridized carbons (Fsp3) is 0.190. The van der Waals surface area contributed by atoms with Gasteiger partial charge in [0.15, 0.2) is 0 Å². The number of aromatic nitrogens is 2. The number of carbonyl (C=O) groups is 2. The van der Waals surface area contributed by atoms with Crippen molar-refractivity contribution in [1.82, 2.24) is 20.0 Å². The van der Waals surface area contributed by atoms with E-state index in [1.165, 1.54) is 21.7 Å². The van der Waals surface area contributed by atoms with Crippen LogP contribution in [0.4, 0.5) is 4.39 Å². The first-order chi connectivity index (χ1) is 13.3. The summed E-state index contributed by atoms with van der Waals surface area (Å²) in [6, 6.07) is 13.5. The molecule has 1 aromatic heterocycles. The van der Waals surface area contributed by atoms with Crippen molar-refractivity contribution in [3.05, 3.63) is 71.7 Å². The van der Waals surface area contributed by atoms with E-state index >= 15 is 0 Å². The summed E-state index contributed by atoms with van der Waals surface area (Å²) in [6.45, 7) is 1.86. The quantitative estimate of drug-likeness (QED) is 0.740. The van der Waals surface area contributed by atoms with Crippen molar-refractivity contribution in [1.29, 1.82) is 0 Å². The fourth-order valence-electron chi connectivity index (χ4n) is 2.60. The molecule has 2 amide bonds. The number of nitrogens with zero attached hydrogens (tertiary/aromatic N) is 3. The van der Waals surface area contributed by atoms with Gasteiger partial charge in [-0.3, -0.25) is 9.59 Å². The molecular weight excluding hydrogens is 359 g/mol. The SMILES string of the molecule is Cc1ccc(-c2nn(-c3ccc(F)cc3)cc2C(=O)NCC(=O)N(C)C)cc1. The maximum absolute atomic E-state index is 13.2. The highest BCUT2D eigenvalue weighted by Crippen LogP contribution is 2.24. The van der Waals surface area contributed by atoms with Gasteiger partial charge in [0.1, 0.15) is 11.5 Å². The van der Waals surface area contributed by atoms with Gasteiger partial charge in [0, 0.05) is 25.9 Å². The van der Waals surface area contributed by atoms with Gasteiger partial charge < -0.3 is 10.2 Å². The molecule has 2 aromatic carbocycles. The van der Waals surface area contributed by atoms with Crippen LogP contribution in [0.25, 0.3) is 16.9 Å². The van der Waals surface area contributed by atoms with Crippen molar-refractivity contribution in [2.24, 2.45) is 0 Å². The maximum Gasteiger partial charge on any atom is 0.255 e. The van der Waals surface area contributed by atoms with Gasteiger partial charge in [0.25, 0.3) is 5.91 Å². The summed E-state index contributed by atoms with van der Waals surface area (Å²) in [4.78, 5) is 25.9. The van der Waals surface area contributed by atoms with Gasteiger partial charge in [-0.25, -0.2) is 9.07 Å². The standard InChI is InChI=1S/C21H21FN4O2/c1-14-4-6-15(7-5-14)20-18(21(28)23-12-19(27)25(2)3)13-26(24-20)17-10-8-16(22)9-11-17/h4-11,13H,12H2,1-3H3,(H,23,28). The second-order valence-corrected chi connectivity index (χ2v) is 6.65. The van der Waals surface area contributed by atoms with Gasteiger partial charge in [0.2, 0.25) is 5.91 Å². The Bertz CT molecular complexity index is 992. The summed E-state index contributed by atoms with van der Waals surface area (Å²) in [7, 11) is 3.25. The zero-order valence-corrected chi connectivity index (χ0v) is 15.9. The molecular formula is C21H21FN4O2. The van der Waals surface area contributed by atoms with E-state index in [9.17, 15) is 14.0 Å². The first kappa shape index (κ1) is 19.3. The van der Waals surface area contributed by atoms with E-state index in [4.69, 9.17) is 0 Å². The second-order valence-electron chi connectivity index (χ2n) is 6.65. The first-order valence-electron chi connectivity index (χ1n) is 8.76. The predicted octanol–water partition coefficient (Wildman–Crippen LogP) is 2.80. The number of hydrogen-bond acceptors (Lipinski definition) is 3. The highest BCUT2D eigenvalue weighted by Gasteiger charge is 2.19. The topological polar surface area (TPSA) is 67.2 Å². The number of hydrogen-bond donors (Lipinski definition) is 1. The average molecular weight is 380 g/mol. The highest BCUT2D eigenvalue weighted by atomic mass is 19.1. The molecule has 6 nitrogen and oxygen atoms in total. The van der Waals surface area contributed by atoms with E-state index in [0.29, 0.717) is 16.9 Å². The number of amides is 2. The lowest BCUT2D eigenvalue weighted by atomic mass is 10.1. The molecule has 144 valence electrons. The Morgan fingerprint density at radius 3 is 2.32 bits per heavy atom. The smallest absolute Gasteiger partial charge is 0.255 e. The van der Waals surface area contributed by atoms with E-state index < -0.39 is 5.91 Å². The number of nitrogens with one attached hydrogen (secondary N) is 1. The average Bonchev–Trinajstić information content (AvgIpc) is 3.12. The van der Waals surface area contributed by atoms with Crippen molar-refractivity contribution in [2.75, 3.05) is 20.6 Å². The molecule has 0 bridgehead atoms. The Morgan fingerprint density at radius 1 is 1.07 bits per heavy atom. The molecule has 0 saturated heterocycles. The number of likely N-dealkylation sites (N-methyl/N-ethyl adjacent to an activating group) is 1. The molecule has 0 unspecified atom stereocenters. The van der Waals surface area contributed by atoms with Gasteiger partial charge in [-0.1, -0.05) is 29.8 Å². The van der Waals surface area contributed by atoms with Crippen molar-refractivity contribution >= 4 is 11.8 Å². The molecule has 3 aromatic rings. The minimum Gasteiger partial charge on any atom is -0.347 e. The summed E-state index contributed by atoms with van der Waals surface area (Å²) in [5.41, 5.74) is 3.30. The lowest BCUT2D eigenvalue weighted by molar-refractivity contribution is -0.127. The molecule has 0 aliphatic heterocycles. The summed E-state index contributed by atoms with van der Waals surface area (Å²) < 4.78 is 14.8. The van der Waals surface area contributed by atoms with Gasteiger partial charge in [-0.2, -0.15) is 5.10 Å². The van der Waals surface area contributed by atoms with E-state index in [2.05, 4.69) is 10.4 Å². The Morgan fingerprint density at radius 2 is 1.71 bits per heavy atom. The number of benzene rings is 2. The summed E-state index contributed by atoms with van der Waals surface area (Å²) >= 11 is 0. The first-order valence-corrected chi connectivity index (χ1v) is 8.76. The molecule has 0 fully saturated rings. The van der Waals surface area contributed by atoms with Crippen molar-refractivity contribution in [3.63, 3.8) is 0 Å². The van der Waals surface area contributed by atoms with Gasteiger partial charge in [-0.15, -0.1) is 0 Å². The lowest BCUT2D eigenvalue weighted by Crippen LogP contribution is -2.36. The molecule has 28 heavy (non-hydrogen) atoms. The molecule has 7 heteroatoms. The number of halogens is 1. The van der Waals surface area contributed by atoms with Crippen molar-refractivity contribution in [3.8, 4) is 16.9 Å². The molecule has 0 aliphatic rings. The van der Waals surface area contributed by atoms with Crippen LogP contribution < -0.4 is 5.32 Å². The molecule has 1 N–H and O–H groups in total. The van der Waals surface area contributed by atoms with Crippen LogP contribution in [-0.4, -0.2) is 47.1 Å². The molecule has 0 atom stereocenters. The van der Waals surface area contributed by atoms with E-state index in [-0.39, 0.29) is 18.3 Å². The second kappa shape index (κ2) is 8.04. The van der Waals surface area contributed by atoms with Crippen LogP contribution in [0.5, 0.6) is 0 Å². The third-order valence-corrected chi connectivity index (χ3v) is 4.27. The fourth-order valence-corrected chi connectivity index (χ4v) is 2.60. The monoisotopic (exact) mass is 380 g/mol. The molecule has 0 radical (unpaired) electrons. The van der Waals surface area contributed by atoms with Crippen molar-refractivity contribution < 1.29 is 14.0 Å². The van der Waals surface area contributed by atoms with Gasteiger partial charge in [-0.05, 0) is 31.2 Å². The number of aryl methyl sites for hydroxylation is 1. The zero-order valence-electron chi connectivity index (χ0n) is 15.9. The maximum atomic E-state index is 13.2. The Hall–Kier alpha value is -3.48. The molecule has 0 spiro atoms. The van der Waals surface area contributed by atoms with E-state index in [0.717, 1.165) is 11.1 Å². The Kier molecular flexibility index (Phi) is 5.54. The zero-order chi connectivity index (χ0) is 20.3. The predicted molar refractivity (Wildman–Crippen MR) is 105 cm³/mol. The van der Waals surface area contributed by atoms with Crippen molar-refractivity contribution in [2.45, 2.75) is 6.92 Å². The molecule has 0 saturated carbocycles. The van der Waals surface area contributed by atoms with Crippen LogP contribution in [0.15, 0.2) is 54.7 Å². The highest BCUT2D eigenvalue weighted by molar-refractivity contribution is 6.01. The Labute approximate surface area is 162 Å². The van der Waals surface area contributed by atoms with Crippen LogP contribution in [-0.2, 0) is 4.79 Å². The van der Waals surface area contributed by atoms with Crippen LogP contribution in [0.2, 0.25) is 0 Å². The van der Waals surface area contributed by atoms with E-state index in [1.54, 1.807) is 32.4 Å². The minimum absolute atomic E-state index is 0.110. The molecule has 0 aliphatic carbocycles. The van der Waals surface area contributed by atoms with Gasteiger partial charge in [0.05, 0.1) is 17.8 Å². The van der Waals surface area contributed by atoms with Crippen LogP contribution in [0, 0.1) is 12.7 Å². The number of rotatable bonds is 5.